The van der Waals surface area contributed by atoms with E-state index in [1.54, 1.807) is 12.3 Å². The second-order valence-corrected chi connectivity index (χ2v) is 5.60. The highest BCUT2D eigenvalue weighted by Crippen LogP contribution is 2.19. The van der Waals surface area contributed by atoms with E-state index in [0.717, 1.165) is 16.4 Å². The summed E-state index contributed by atoms with van der Waals surface area (Å²) in [7, 11) is 0. The smallest absolute Gasteiger partial charge is 0.357 e. The van der Waals surface area contributed by atoms with Gasteiger partial charge in [-0.25, -0.2) is 9.78 Å². The zero-order valence-electron chi connectivity index (χ0n) is 13.2. The number of pyridine rings is 2. The van der Waals surface area contributed by atoms with Crippen molar-refractivity contribution in [1.29, 1.82) is 5.26 Å². The molecule has 0 fully saturated rings. The Kier molecular flexibility index (Phi) is 3.64. The van der Waals surface area contributed by atoms with Crippen LogP contribution < -0.4 is 0 Å². The maximum Gasteiger partial charge on any atom is 0.357 e. The molecule has 0 bridgehead atoms. The lowest BCUT2D eigenvalue weighted by Crippen LogP contribution is -2.07. The number of carbonyl (C=O) groups is 1. The summed E-state index contributed by atoms with van der Waals surface area (Å²) in [4.78, 5) is 16.6. The van der Waals surface area contributed by atoms with Crippen LogP contribution in [0.4, 0.5) is 0 Å². The number of esters is 1. The van der Waals surface area contributed by atoms with Crippen molar-refractivity contribution in [2.45, 2.75) is 6.61 Å². The number of para-hydroxylation sites is 1. The average Bonchev–Trinajstić information content (AvgIpc) is 3.03. The van der Waals surface area contributed by atoms with Crippen LogP contribution in [0.2, 0.25) is 0 Å². The van der Waals surface area contributed by atoms with Crippen LogP contribution in [0.1, 0.15) is 21.6 Å². The lowest BCUT2D eigenvalue weighted by molar-refractivity contribution is 0.0466. The Labute approximate surface area is 143 Å². The largest absolute Gasteiger partial charge is 0.456 e. The van der Waals surface area contributed by atoms with Crippen LogP contribution in [0.15, 0.2) is 67.0 Å². The predicted octanol–water partition coefficient (Wildman–Crippen LogP) is 3.72. The Balaban J connectivity index is 1.58. The van der Waals surface area contributed by atoms with Crippen molar-refractivity contribution in [3.63, 3.8) is 0 Å². The van der Waals surface area contributed by atoms with Crippen LogP contribution >= 0.6 is 0 Å². The second-order valence-electron chi connectivity index (χ2n) is 5.60. The summed E-state index contributed by atoms with van der Waals surface area (Å²) in [5.74, 6) is -0.509. The number of aromatic nitrogens is 2. The molecule has 0 unspecified atom stereocenters. The third kappa shape index (κ3) is 2.70. The molecular weight excluding hydrogens is 314 g/mol. The molecule has 0 aliphatic heterocycles. The Morgan fingerprint density at radius 2 is 1.96 bits per heavy atom. The molecule has 0 saturated carbocycles. The molecule has 4 rings (SSSR count). The average molecular weight is 327 g/mol. The number of ether oxygens (including phenoxy) is 1. The topological polar surface area (TPSA) is 67.4 Å². The lowest BCUT2D eigenvalue weighted by atomic mass is 10.2. The van der Waals surface area contributed by atoms with E-state index in [1.807, 2.05) is 59.1 Å². The second kappa shape index (κ2) is 6.10. The van der Waals surface area contributed by atoms with Gasteiger partial charge in [0.2, 0.25) is 0 Å². The van der Waals surface area contributed by atoms with E-state index >= 15 is 0 Å². The van der Waals surface area contributed by atoms with Gasteiger partial charge in [-0.3, -0.25) is 0 Å². The summed E-state index contributed by atoms with van der Waals surface area (Å²) < 4.78 is 7.21. The molecule has 3 aromatic heterocycles. The molecule has 120 valence electrons. The van der Waals surface area contributed by atoms with Crippen molar-refractivity contribution in [3.8, 4) is 6.07 Å². The molecule has 0 atom stereocenters. The Hall–Kier alpha value is -3.65. The minimum Gasteiger partial charge on any atom is -0.456 e. The summed E-state index contributed by atoms with van der Waals surface area (Å²) in [5, 5.41) is 10.4. The molecule has 0 radical (unpaired) electrons. The standard InChI is InChI=1S/C20H13N3O2/c21-11-16-15(12-23-10-4-3-7-19(16)23)13-25-20(24)18-9-8-14-5-1-2-6-17(14)22-18/h1-10,12H,13H2. The van der Waals surface area contributed by atoms with Crippen LogP contribution in [0.5, 0.6) is 0 Å². The van der Waals surface area contributed by atoms with Crippen LogP contribution in [-0.4, -0.2) is 15.4 Å². The number of hydrogen-bond acceptors (Lipinski definition) is 4. The van der Waals surface area contributed by atoms with Gasteiger partial charge in [0.15, 0.2) is 0 Å². The first kappa shape index (κ1) is 14.9. The molecular formula is C20H13N3O2. The monoisotopic (exact) mass is 327 g/mol. The first-order valence-electron chi connectivity index (χ1n) is 7.78. The summed E-state index contributed by atoms with van der Waals surface area (Å²) in [5.41, 5.74) is 2.97. The van der Waals surface area contributed by atoms with E-state index in [1.165, 1.54) is 0 Å². The van der Waals surface area contributed by atoms with Gasteiger partial charge in [0.25, 0.3) is 0 Å². The number of benzene rings is 1. The van der Waals surface area contributed by atoms with Crippen molar-refractivity contribution >= 4 is 22.4 Å². The van der Waals surface area contributed by atoms with E-state index in [0.29, 0.717) is 11.1 Å². The molecule has 0 saturated heterocycles. The number of hydrogen-bond donors (Lipinski definition) is 0. The number of carbonyl (C=O) groups excluding carboxylic acids is 1. The molecule has 0 aliphatic carbocycles. The highest BCUT2D eigenvalue weighted by atomic mass is 16.5. The van der Waals surface area contributed by atoms with Gasteiger partial charge in [-0.2, -0.15) is 5.26 Å². The van der Waals surface area contributed by atoms with Gasteiger partial charge in [-0.05, 0) is 24.3 Å². The van der Waals surface area contributed by atoms with Crippen LogP contribution in [0.25, 0.3) is 16.4 Å². The fourth-order valence-corrected chi connectivity index (χ4v) is 2.81. The highest BCUT2D eigenvalue weighted by molar-refractivity contribution is 5.91. The number of nitriles is 1. The maximum atomic E-state index is 12.3. The fourth-order valence-electron chi connectivity index (χ4n) is 2.81. The quantitative estimate of drug-likeness (QED) is 0.538. The van der Waals surface area contributed by atoms with Crippen molar-refractivity contribution in [2.24, 2.45) is 0 Å². The molecule has 1 aromatic carbocycles. The van der Waals surface area contributed by atoms with E-state index in [-0.39, 0.29) is 12.3 Å². The van der Waals surface area contributed by atoms with Gasteiger partial charge >= 0.3 is 5.97 Å². The number of rotatable bonds is 3. The minimum absolute atomic E-state index is 0.0257. The molecule has 5 nitrogen and oxygen atoms in total. The van der Waals surface area contributed by atoms with Crippen molar-refractivity contribution in [1.82, 2.24) is 9.38 Å². The van der Waals surface area contributed by atoms with Crippen LogP contribution in [0, 0.1) is 11.3 Å². The van der Waals surface area contributed by atoms with E-state index in [9.17, 15) is 10.1 Å². The van der Waals surface area contributed by atoms with E-state index in [4.69, 9.17) is 4.74 Å². The van der Waals surface area contributed by atoms with Crippen LogP contribution in [0.3, 0.4) is 0 Å². The molecule has 5 heteroatoms. The fraction of sp³-hybridized carbons (Fsp3) is 0.0500. The Morgan fingerprint density at radius 3 is 2.84 bits per heavy atom. The molecule has 4 aromatic rings. The van der Waals surface area contributed by atoms with Gasteiger partial charge in [0, 0.05) is 23.3 Å². The zero-order valence-corrected chi connectivity index (χ0v) is 13.2. The van der Waals surface area contributed by atoms with E-state index in [2.05, 4.69) is 11.1 Å². The molecule has 0 N–H and O–H groups in total. The first-order chi connectivity index (χ1) is 12.3. The summed E-state index contributed by atoms with van der Waals surface area (Å²) in [6.07, 6.45) is 3.65. The summed E-state index contributed by atoms with van der Waals surface area (Å²) >= 11 is 0. The van der Waals surface area contributed by atoms with Gasteiger partial charge in [0.1, 0.15) is 18.4 Å². The highest BCUT2D eigenvalue weighted by Gasteiger charge is 2.14. The lowest BCUT2D eigenvalue weighted by Gasteiger charge is -2.04. The van der Waals surface area contributed by atoms with Crippen LogP contribution in [-0.2, 0) is 11.3 Å². The van der Waals surface area contributed by atoms with Gasteiger partial charge in [-0.1, -0.05) is 30.3 Å². The summed E-state index contributed by atoms with van der Waals surface area (Å²) in [6.45, 7) is 0.0257. The molecule has 3 heterocycles. The number of nitrogens with zero attached hydrogens (tertiary/aromatic N) is 3. The van der Waals surface area contributed by atoms with Gasteiger partial charge < -0.3 is 9.14 Å². The maximum absolute atomic E-state index is 12.3. The van der Waals surface area contributed by atoms with Crippen molar-refractivity contribution in [3.05, 3.63) is 83.8 Å². The third-order valence-electron chi connectivity index (χ3n) is 4.04. The molecule has 0 amide bonds. The van der Waals surface area contributed by atoms with Gasteiger partial charge in [-0.15, -0.1) is 0 Å². The SMILES string of the molecule is N#Cc1c(COC(=O)c2ccc3ccccc3n2)cn2ccccc12. The normalized spacial score (nSPS) is 10.7. The Bertz CT molecular complexity index is 1140. The summed E-state index contributed by atoms with van der Waals surface area (Å²) in [6, 6.07) is 18.8. The molecule has 0 spiro atoms. The van der Waals surface area contributed by atoms with Crippen molar-refractivity contribution < 1.29 is 9.53 Å². The number of fused-ring (bicyclic) bond motifs is 2. The minimum atomic E-state index is -0.509. The molecule has 0 aliphatic rings. The third-order valence-corrected chi connectivity index (χ3v) is 4.04. The zero-order chi connectivity index (χ0) is 17.2. The Morgan fingerprint density at radius 1 is 1.12 bits per heavy atom. The van der Waals surface area contributed by atoms with Crippen molar-refractivity contribution in [2.75, 3.05) is 0 Å². The van der Waals surface area contributed by atoms with Gasteiger partial charge in [0.05, 0.1) is 16.6 Å². The first-order valence-corrected chi connectivity index (χ1v) is 7.78. The molecule has 25 heavy (non-hydrogen) atoms. The predicted molar refractivity (Wildman–Crippen MR) is 93.0 cm³/mol. The van der Waals surface area contributed by atoms with E-state index < -0.39 is 5.97 Å².